The molecule has 0 aliphatic rings. The zero-order valence-corrected chi connectivity index (χ0v) is 19.5. The maximum atomic E-state index is 15.2. The summed E-state index contributed by atoms with van der Waals surface area (Å²) in [7, 11) is 0. The van der Waals surface area contributed by atoms with Crippen LogP contribution >= 0.6 is 0 Å². The molecule has 0 saturated heterocycles. The van der Waals surface area contributed by atoms with Crippen molar-refractivity contribution < 1.29 is 9.13 Å². The second-order valence-electron chi connectivity index (χ2n) is 8.86. The van der Waals surface area contributed by atoms with E-state index in [-0.39, 0.29) is 5.82 Å². The summed E-state index contributed by atoms with van der Waals surface area (Å²) in [4.78, 5) is 0. The van der Waals surface area contributed by atoms with E-state index in [1.54, 1.807) is 0 Å². The second-order valence-corrected chi connectivity index (χ2v) is 8.86. The molecule has 0 aliphatic heterocycles. The van der Waals surface area contributed by atoms with Crippen LogP contribution in [0.25, 0.3) is 21.5 Å². The van der Waals surface area contributed by atoms with Crippen LogP contribution in [-0.2, 0) is 6.42 Å². The molecule has 0 bridgehead atoms. The van der Waals surface area contributed by atoms with Gasteiger partial charge in [-0.05, 0) is 53.1 Å². The summed E-state index contributed by atoms with van der Waals surface area (Å²) in [5.41, 5.74) is 0.854. The summed E-state index contributed by atoms with van der Waals surface area (Å²) in [5, 5.41) is 3.93. The van der Waals surface area contributed by atoms with Crippen LogP contribution in [0.4, 0.5) is 4.39 Å². The number of benzene rings is 3. The molecular weight excluding hydrogens is 383 g/mol. The van der Waals surface area contributed by atoms with Crippen LogP contribution in [0, 0.1) is 5.82 Å². The van der Waals surface area contributed by atoms with E-state index < -0.39 is 0 Å². The number of hydrogen-bond donors (Lipinski definition) is 0. The van der Waals surface area contributed by atoms with E-state index in [2.05, 4.69) is 32.0 Å². The first-order valence-electron chi connectivity index (χ1n) is 12.5. The quantitative estimate of drug-likeness (QED) is 0.186. The van der Waals surface area contributed by atoms with E-state index in [1.807, 2.05) is 24.3 Å². The Balaban J connectivity index is 1.64. The van der Waals surface area contributed by atoms with Gasteiger partial charge in [0.1, 0.15) is 11.6 Å². The third kappa shape index (κ3) is 6.69. The zero-order chi connectivity index (χ0) is 21.9. The molecule has 0 N–H and O–H groups in total. The highest BCUT2D eigenvalue weighted by Gasteiger charge is 2.10. The largest absolute Gasteiger partial charge is 0.494 e. The topological polar surface area (TPSA) is 9.23 Å². The summed E-state index contributed by atoms with van der Waals surface area (Å²) < 4.78 is 21.1. The standard InChI is InChI=1S/C29H39FO/c1-3-5-7-9-10-11-12-14-23-15-18-27-26-20-17-25(31-21-13-8-6-4-2)22-24(26)16-19-28(27)29(23)30/h15-20,22H,3-14,21H2,1-2H3. The molecule has 0 heterocycles. The van der Waals surface area contributed by atoms with Gasteiger partial charge in [0.25, 0.3) is 0 Å². The molecule has 0 amide bonds. The molecule has 2 heteroatoms. The average molecular weight is 423 g/mol. The molecule has 0 spiro atoms. The molecule has 0 saturated carbocycles. The molecule has 3 rings (SSSR count). The van der Waals surface area contributed by atoms with Crippen LogP contribution in [-0.4, -0.2) is 6.61 Å². The lowest BCUT2D eigenvalue weighted by atomic mass is 9.97. The summed E-state index contributed by atoms with van der Waals surface area (Å²) in [6, 6.07) is 14.2. The van der Waals surface area contributed by atoms with E-state index in [0.29, 0.717) is 0 Å². The molecule has 1 nitrogen and oxygen atoms in total. The molecule has 3 aromatic carbocycles. The van der Waals surface area contributed by atoms with E-state index in [0.717, 1.165) is 58.7 Å². The van der Waals surface area contributed by atoms with Gasteiger partial charge in [0.15, 0.2) is 0 Å². The van der Waals surface area contributed by atoms with Crippen molar-refractivity contribution in [2.24, 2.45) is 0 Å². The highest BCUT2D eigenvalue weighted by Crippen LogP contribution is 2.31. The summed E-state index contributed by atoms with van der Waals surface area (Å²) in [6.07, 6.45) is 14.4. The van der Waals surface area contributed by atoms with Crippen LogP contribution in [0.3, 0.4) is 0 Å². The van der Waals surface area contributed by atoms with Crippen molar-refractivity contribution in [2.45, 2.75) is 90.9 Å². The van der Waals surface area contributed by atoms with Gasteiger partial charge in [-0.1, -0.05) is 102 Å². The molecule has 0 radical (unpaired) electrons. The van der Waals surface area contributed by atoms with Crippen LogP contribution in [0.2, 0.25) is 0 Å². The normalized spacial score (nSPS) is 11.5. The molecule has 0 aromatic heterocycles. The first-order chi connectivity index (χ1) is 15.2. The van der Waals surface area contributed by atoms with Crippen molar-refractivity contribution in [3.05, 3.63) is 53.8 Å². The van der Waals surface area contributed by atoms with Crippen molar-refractivity contribution in [3.63, 3.8) is 0 Å². The monoisotopic (exact) mass is 422 g/mol. The summed E-state index contributed by atoms with van der Waals surface area (Å²) >= 11 is 0. The third-order valence-corrected chi connectivity index (χ3v) is 6.32. The highest BCUT2D eigenvalue weighted by molar-refractivity contribution is 6.08. The SMILES string of the molecule is CCCCCCCCCc1ccc2c(ccc3cc(OCCCCCC)ccc32)c1F. The van der Waals surface area contributed by atoms with Gasteiger partial charge in [-0.3, -0.25) is 0 Å². The van der Waals surface area contributed by atoms with E-state index >= 15 is 4.39 Å². The van der Waals surface area contributed by atoms with Gasteiger partial charge in [-0.15, -0.1) is 0 Å². The number of unbranched alkanes of at least 4 members (excludes halogenated alkanes) is 9. The molecule has 0 aliphatic carbocycles. The number of halogens is 1. The number of fused-ring (bicyclic) bond motifs is 3. The van der Waals surface area contributed by atoms with Crippen LogP contribution in [0.1, 0.15) is 90.0 Å². The first kappa shape index (κ1) is 23.6. The smallest absolute Gasteiger partial charge is 0.134 e. The van der Waals surface area contributed by atoms with Crippen molar-refractivity contribution in [2.75, 3.05) is 6.61 Å². The van der Waals surface area contributed by atoms with Crippen molar-refractivity contribution in [1.29, 1.82) is 0 Å². The fourth-order valence-electron chi connectivity index (χ4n) is 4.41. The Morgan fingerprint density at radius 2 is 1.29 bits per heavy atom. The minimum atomic E-state index is -0.0402. The number of ether oxygens (including phenoxy) is 1. The Morgan fingerprint density at radius 1 is 0.645 bits per heavy atom. The molecule has 0 atom stereocenters. The number of rotatable bonds is 14. The predicted octanol–water partition coefficient (Wildman–Crippen LogP) is 9.38. The Hall–Kier alpha value is -2.09. The van der Waals surface area contributed by atoms with Crippen LogP contribution < -0.4 is 4.74 Å². The second kappa shape index (κ2) is 12.7. The molecule has 0 fully saturated rings. The van der Waals surface area contributed by atoms with Crippen LogP contribution in [0.15, 0.2) is 42.5 Å². The number of aryl methyl sites for hydroxylation is 1. The maximum absolute atomic E-state index is 15.2. The van der Waals surface area contributed by atoms with Crippen molar-refractivity contribution in [3.8, 4) is 5.75 Å². The van der Waals surface area contributed by atoms with Gasteiger partial charge in [0.05, 0.1) is 6.61 Å². The Morgan fingerprint density at radius 3 is 2.06 bits per heavy atom. The Bertz CT molecular complexity index is 946. The van der Waals surface area contributed by atoms with Gasteiger partial charge in [-0.2, -0.15) is 0 Å². The third-order valence-electron chi connectivity index (χ3n) is 6.32. The first-order valence-corrected chi connectivity index (χ1v) is 12.5. The van der Waals surface area contributed by atoms with Gasteiger partial charge in [0.2, 0.25) is 0 Å². The molecular formula is C29H39FO. The van der Waals surface area contributed by atoms with Crippen molar-refractivity contribution in [1.82, 2.24) is 0 Å². The number of hydrogen-bond acceptors (Lipinski definition) is 1. The minimum Gasteiger partial charge on any atom is -0.494 e. The zero-order valence-electron chi connectivity index (χ0n) is 19.5. The highest BCUT2D eigenvalue weighted by atomic mass is 19.1. The molecule has 3 aromatic rings. The minimum absolute atomic E-state index is 0.0402. The van der Waals surface area contributed by atoms with E-state index in [4.69, 9.17) is 4.74 Å². The lowest BCUT2D eigenvalue weighted by Crippen LogP contribution is -1.97. The van der Waals surface area contributed by atoms with E-state index in [9.17, 15) is 0 Å². The summed E-state index contributed by atoms with van der Waals surface area (Å²) in [6.45, 7) is 5.22. The fraction of sp³-hybridized carbons (Fsp3) is 0.517. The van der Waals surface area contributed by atoms with Gasteiger partial charge < -0.3 is 4.74 Å². The lowest BCUT2D eigenvalue weighted by Gasteiger charge is -2.11. The summed E-state index contributed by atoms with van der Waals surface area (Å²) in [5.74, 6) is 0.862. The predicted molar refractivity (Wildman–Crippen MR) is 133 cm³/mol. The van der Waals surface area contributed by atoms with Crippen molar-refractivity contribution >= 4 is 21.5 Å². The molecule has 0 unspecified atom stereocenters. The van der Waals surface area contributed by atoms with Gasteiger partial charge in [-0.25, -0.2) is 4.39 Å². The van der Waals surface area contributed by atoms with Gasteiger partial charge in [0, 0.05) is 5.39 Å². The lowest BCUT2D eigenvalue weighted by molar-refractivity contribution is 0.305. The van der Waals surface area contributed by atoms with E-state index in [1.165, 1.54) is 57.8 Å². The molecule has 31 heavy (non-hydrogen) atoms. The Labute approximate surface area is 188 Å². The molecule has 168 valence electrons. The fourth-order valence-corrected chi connectivity index (χ4v) is 4.41. The van der Waals surface area contributed by atoms with Gasteiger partial charge >= 0.3 is 0 Å². The maximum Gasteiger partial charge on any atom is 0.134 e. The van der Waals surface area contributed by atoms with Crippen LogP contribution in [0.5, 0.6) is 5.75 Å². The Kier molecular flexibility index (Phi) is 9.65. The average Bonchev–Trinajstić information content (AvgIpc) is 2.79.